The molecule has 0 aliphatic rings. The predicted molar refractivity (Wildman–Crippen MR) is 137 cm³/mol. The molecule has 0 aromatic heterocycles. The van der Waals surface area contributed by atoms with E-state index in [1.165, 1.54) is 11.8 Å². The monoisotopic (exact) mass is 534 g/mol. The highest BCUT2D eigenvalue weighted by Gasteiger charge is 2.30. The fraction of sp³-hybridized carbons (Fsp3) is 0.391. The van der Waals surface area contributed by atoms with Crippen molar-refractivity contribution < 1.29 is 9.59 Å². The Kier molecular flexibility index (Phi) is 11.0. The van der Waals surface area contributed by atoms with Gasteiger partial charge in [0, 0.05) is 44.0 Å². The molecule has 0 bridgehead atoms. The number of nitrogens with zero attached hydrogens (tertiary/aromatic N) is 1. The van der Waals surface area contributed by atoms with Gasteiger partial charge in [0.05, 0.1) is 5.75 Å². The van der Waals surface area contributed by atoms with Crippen LogP contribution in [0.3, 0.4) is 0 Å². The fourth-order valence-corrected chi connectivity index (χ4v) is 5.11. The zero-order valence-electron chi connectivity index (χ0n) is 18.1. The SMILES string of the molecule is CC[C@H](C(=O)NC(C)C)N(Cc1c(Cl)cccc1Cl)C(=O)CSCc1ccc(Cl)cc1Cl. The van der Waals surface area contributed by atoms with Crippen molar-refractivity contribution in [1.82, 2.24) is 10.2 Å². The topological polar surface area (TPSA) is 49.4 Å². The maximum atomic E-state index is 13.3. The second kappa shape index (κ2) is 13.0. The summed E-state index contributed by atoms with van der Waals surface area (Å²) in [6.45, 7) is 5.78. The van der Waals surface area contributed by atoms with E-state index in [1.807, 2.05) is 26.8 Å². The van der Waals surface area contributed by atoms with Crippen molar-refractivity contribution >= 4 is 70.0 Å². The average Bonchev–Trinajstić information content (AvgIpc) is 2.71. The molecule has 0 aliphatic heterocycles. The Bertz CT molecular complexity index is 935. The third-order valence-corrected chi connectivity index (χ3v) is 6.97. The summed E-state index contributed by atoms with van der Waals surface area (Å²) >= 11 is 26.3. The lowest BCUT2D eigenvalue weighted by Crippen LogP contribution is -2.51. The fourth-order valence-electron chi connectivity index (χ4n) is 3.12. The molecule has 0 saturated heterocycles. The Morgan fingerprint density at radius 3 is 2.25 bits per heavy atom. The molecule has 2 aromatic rings. The van der Waals surface area contributed by atoms with Crippen LogP contribution in [-0.2, 0) is 21.9 Å². The van der Waals surface area contributed by atoms with Gasteiger partial charge in [-0.15, -0.1) is 11.8 Å². The summed E-state index contributed by atoms with van der Waals surface area (Å²) in [7, 11) is 0. The molecule has 0 aliphatic carbocycles. The van der Waals surface area contributed by atoms with Crippen LogP contribution >= 0.6 is 58.2 Å². The van der Waals surface area contributed by atoms with Gasteiger partial charge in [-0.3, -0.25) is 9.59 Å². The molecule has 2 rings (SSSR count). The van der Waals surface area contributed by atoms with Gasteiger partial charge in [0.25, 0.3) is 0 Å². The molecule has 0 radical (unpaired) electrons. The quantitative estimate of drug-likeness (QED) is 0.361. The number of benzene rings is 2. The molecule has 0 heterocycles. The summed E-state index contributed by atoms with van der Waals surface area (Å²) in [5.41, 5.74) is 1.50. The predicted octanol–water partition coefficient (Wildman–Crippen LogP) is 6.87. The maximum Gasteiger partial charge on any atom is 0.243 e. The first-order valence-corrected chi connectivity index (χ1v) is 12.8. The van der Waals surface area contributed by atoms with Crippen LogP contribution in [0, 0.1) is 0 Å². The van der Waals surface area contributed by atoms with Gasteiger partial charge in [-0.2, -0.15) is 0 Å². The third kappa shape index (κ3) is 7.74. The summed E-state index contributed by atoms with van der Waals surface area (Å²) in [6.07, 6.45) is 0.458. The van der Waals surface area contributed by atoms with Crippen LogP contribution < -0.4 is 5.32 Å². The molecule has 174 valence electrons. The number of halogens is 4. The Balaban J connectivity index is 2.21. The molecule has 1 N–H and O–H groups in total. The molecule has 0 fully saturated rings. The van der Waals surface area contributed by atoms with Gasteiger partial charge >= 0.3 is 0 Å². The van der Waals surface area contributed by atoms with E-state index in [0.717, 1.165) is 5.56 Å². The average molecular weight is 536 g/mol. The number of hydrogen-bond acceptors (Lipinski definition) is 3. The molecule has 9 heteroatoms. The molecule has 0 saturated carbocycles. The number of carbonyl (C=O) groups excluding carboxylic acids is 2. The molecule has 0 spiro atoms. The second-order valence-corrected chi connectivity index (χ2v) is 10.2. The molecule has 32 heavy (non-hydrogen) atoms. The summed E-state index contributed by atoms with van der Waals surface area (Å²) in [6, 6.07) is 9.78. The lowest BCUT2D eigenvalue weighted by molar-refractivity contribution is -0.139. The minimum Gasteiger partial charge on any atom is -0.352 e. The number of nitrogens with one attached hydrogen (secondary N) is 1. The highest BCUT2D eigenvalue weighted by atomic mass is 35.5. The van der Waals surface area contributed by atoms with Crippen molar-refractivity contribution in [2.45, 2.75) is 51.6 Å². The van der Waals surface area contributed by atoms with Crippen LogP contribution in [-0.4, -0.2) is 34.6 Å². The number of thioether (sulfide) groups is 1. The standard InChI is InChI=1S/C23H26Cl4N2O2S/c1-4-21(23(31)28-14(2)3)29(11-17-18(25)6-5-7-19(17)26)22(30)13-32-12-15-8-9-16(24)10-20(15)27/h5-10,14,21H,4,11-13H2,1-3H3,(H,28,31)/t21-/m1/s1. The van der Waals surface area contributed by atoms with Crippen LogP contribution in [0.2, 0.25) is 20.1 Å². The summed E-state index contributed by atoms with van der Waals surface area (Å²) in [5, 5.41) is 4.93. The first-order chi connectivity index (χ1) is 15.1. The molecule has 2 amide bonds. The van der Waals surface area contributed by atoms with E-state index >= 15 is 0 Å². The maximum absolute atomic E-state index is 13.3. The Morgan fingerprint density at radius 2 is 1.69 bits per heavy atom. The van der Waals surface area contributed by atoms with Gasteiger partial charge in [0.1, 0.15) is 6.04 Å². The van der Waals surface area contributed by atoms with Gasteiger partial charge in [-0.25, -0.2) is 0 Å². The van der Waals surface area contributed by atoms with Gasteiger partial charge in [0.2, 0.25) is 11.8 Å². The highest BCUT2D eigenvalue weighted by Crippen LogP contribution is 2.28. The molecular formula is C23H26Cl4N2O2S. The van der Waals surface area contributed by atoms with Gasteiger partial charge in [-0.05, 0) is 50.1 Å². The molecule has 4 nitrogen and oxygen atoms in total. The Labute approximate surface area is 213 Å². The largest absolute Gasteiger partial charge is 0.352 e. The smallest absolute Gasteiger partial charge is 0.243 e. The third-order valence-electron chi connectivity index (χ3n) is 4.71. The molecule has 1 atom stereocenters. The summed E-state index contributed by atoms with van der Waals surface area (Å²) < 4.78 is 0. The van der Waals surface area contributed by atoms with E-state index in [0.29, 0.717) is 37.8 Å². The highest BCUT2D eigenvalue weighted by molar-refractivity contribution is 7.99. The van der Waals surface area contributed by atoms with Crippen LogP contribution in [0.15, 0.2) is 36.4 Å². The van der Waals surface area contributed by atoms with E-state index in [1.54, 1.807) is 35.2 Å². The lowest BCUT2D eigenvalue weighted by Gasteiger charge is -2.31. The number of hydrogen-bond donors (Lipinski definition) is 1. The first-order valence-electron chi connectivity index (χ1n) is 10.2. The molecular weight excluding hydrogens is 510 g/mol. The zero-order chi connectivity index (χ0) is 23.8. The minimum atomic E-state index is -0.642. The van der Waals surface area contributed by atoms with E-state index in [4.69, 9.17) is 46.4 Å². The van der Waals surface area contributed by atoms with Crippen molar-refractivity contribution in [3.63, 3.8) is 0 Å². The van der Waals surface area contributed by atoms with Gasteiger partial charge in [0.15, 0.2) is 0 Å². The van der Waals surface area contributed by atoms with Crippen molar-refractivity contribution in [3.05, 3.63) is 67.6 Å². The van der Waals surface area contributed by atoms with Gasteiger partial charge in [-0.1, -0.05) is 65.5 Å². The van der Waals surface area contributed by atoms with Crippen LogP contribution in [0.5, 0.6) is 0 Å². The first kappa shape index (κ1) is 27.1. The molecule has 0 unspecified atom stereocenters. The van der Waals surface area contributed by atoms with Gasteiger partial charge < -0.3 is 10.2 Å². The van der Waals surface area contributed by atoms with E-state index in [9.17, 15) is 9.59 Å². The van der Waals surface area contributed by atoms with Crippen molar-refractivity contribution in [2.75, 3.05) is 5.75 Å². The second-order valence-electron chi connectivity index (χ2n) is 7.54. The minimum absolute atomic E-state index is 0.0428. The van der Waals surface area contributed by atoms with Crippen LogP contribution in [0.25, 0.3) is 0 Å². The lowest BCUT2D eigenvalue weighted by atomic mass is 10.1. The van der Waals surface area contributed by atoms with Crippen molar-refractivity contribution in [3.8, 4) is 0 Å². The Hall–Kier alpha value is -1.11. The normalized spacial score (nSPS) is 12.0. The molecule has 2 aromatic carbocycles. The van der Waals surface area contributed by atoms with E-state index < -0.39 is 6.04 Å². The van der Waals surface area contributed by atoms with Crippen LogP contribution in [0.1, 0.15) is 38.3 Å². The Morgan fingerprint density at radius 1 is 1.03 bits per heavy atom. The van der Waals surface area contributed by atoms with Crippen molar-refractivity contribution in [2.24, 2.45) is 0 Å². The number of carbonyl (C=O) groups is 2. The summed E-state index contributed by atoms with van der Waals surface area (Å²) in [5.74, 6) is 0.329. The van der Waals surface area contributed by atoms with Crippen molar-refractivity contribution in [1.29, 1.82) is 0 Å². The van der Waals surface area contributed by atoms with E-state index in [-0.39, 0.29) is 30.2 Å². The van der Waals surface area contributed by atoms with Crippen LogP contribution in [0.4, 0.5) is 0 Å². The van der Waals surface area contributed by atoms with E-state index in [2.05, 4.69) is 5.32 Å². The zero-order valence-corrected chi connectivity index (χ0v) is 22.0. The summed E-state index contributed by atoms with van der Waals surface area (Å²) in [4.78, 5) is 27.7. The number of rotatable bonds is 10. The number of amides is 2.